The normalized spacial score (nSPS) is 12.0. The monoisotopic (exact) mass is 445 g/mol. The average Bonchev–Trinajstić information content (AvgIpc) is 2.76. The van der Waals surface area contributed by atoms with Crippen molar-refractivity contribution in [2.45, 2.75) is 38.5 Å². The van der Waals surface area contributed by atoms with Gasteiger partial charge in [0.1, 0.15) is 0 Å². The summed E-state index contributed by atoms with van der Waals surface area (Å²) in [7, 11) is 0. The smallest absolute Gasteiger partial charge is 0.0110 e. The Kier molecular flexibility index (Phi) is 24.0. The van der Waals surface area contributed by atoms with Crippen LogP contribution in [-0.4, -0.2) is 119 Å². The van der Waals surface area contributed by atoms with Crippen LogP contribution in [0.4, 0.5) is 0 Å². The van der Waals surface area contributed by atoms with Crippen molar-refractivity contribution in [3.8, 4) is 0 Å². The van der Waals surface area contributed by atoms with Gasteiger partial charge in [0.2, 0.25) is 0 Å². The molecule has 0 radical (unpaired) electrons. The Balaban J connectivity index is 4.03. The molecule has 0 heterocycles. The number of hydrogen-bond acceptors (Lipinski definition) is 9. The maximum atomic E-state index is 5.75. The van der Waals surface area contributed by atoms with Gasteiger partial charge in [-0.3, -0.25) is 9.80 Å². The highest BCUT2D eigenvalue weighted by Crippen LogP contribution is 2.03. The van der Waals surface area contributed by atoms with Crippen molar-refractivity contribution >= 4 is 0 Å². The summed E-state index contributed by atoms with van der Waals surface area (Å²) in [6.07, 6.45) is 7.31. The number of nitrogens with zero attached hydrogens (tertiary/aromatic N) is 3. The lowest BCUT2D eigenvalue weighted by Crippen LogP contribution is -2.40. The quantitative estimate of drug-likeness (QED) is 0.0933. The predicted octanol–water partition coefficient (Wildman–Crippen LogP) is -1.38. The van der Waals surface area contributed by atoms with Gasteiger partial charge < -0.3 is 38.9 Å². The molecular formula is C22H55N9. The number of hydrogen-bond donors (Lipinski definition) is 6. The minimum atomic E-state index is 0.693. The van der Waals surface area contributed by atoms with E-state index < -0.39 is 0 Å². The lowest BCUT2D eigenvalue weighted by atomic mass is 10.2. The van der Waals surface area contributed by atoms with E-state index in [-0.39, 0.29) is 0 Å². The second-order valence-corrected chi connectivity index (χ2v) is 8.34. The van der Waals surface area contributed by atoms with Gasteiger partial charge in [-0.25, -0.2) is 0 Å². The molecule has 0 saturated heterocycles. The summed E-state index contributed by atoms with van der Waals surface area (Å²) >= 11 is 0. The van der Waals surface area contributed by atoms with E-state index in [1.54, 1.807) is 0 Å². The molecule has 9 nitrogen and oxygen atoms in total. The molecule has 0 bridgehead atoms. The Bertz CT molecular complexity index is 335. The van der Waals surface area contributed by atoms with Gasteiger partial charge >= 0.3 is 0 Å². The second kappa shape index (κ2) is 24.3. The van der Waals surface area contributed by atoms with Crippen LogP contribution in [0.15, 0.2) is 0 Å². The average molecular weight is 446 g/mol. The van der Waals surface area contributed by atoms with Crippen LogP contribution < -0.4 is 34.0 Å². The fourth-order valence-electron chi connectivity index (χ4n) is 3.80. The summed E-state index contributed by atoms with van der Waals surface area (Å²) in [6, 6.07) is 0. The first-order valence-corrected chi connectivity index (χ1v) is 12.6. The molecule has 0 unspecified atom stereocenters. The van der Waals surface area contributed by atoms with E-state index in [1.165, 1.54) is 38.6 Å². The zero-order valence-corrected chi connectivity index (χ0v) is 20.3. The molecule has 0 aliphatic rings. The van der Waals surface area contributed by atoms with Crippen LogP contribution in [0.1, 0.15) is 38.5 Å². The predicted molar refractivity (Wildman–Crippen MR) is 135 cm³/mol. The van der Waals surface area contributed by atoms with Crippen LogP contribution in [0.5, 0.6) is 0 Å². The highest BCUT2D eigenvalue weighted by Gasteiger charge is 2.09. The Morgan fingerprint density at radius 3 is 1.29 bits per heavy atom. The largest absolute Gasteiger partial charge is 0.330 e. The number of nitrogens with two attached hydrogens (primary N) is 5. The van der Waals surface area contributed by atoms with Crippen molar-refractivity contribution < 1.29 is 0 Å². The molecule has 0 aromatic heterocycles. The maximum Gasteiger partial charge on any atom is 0.0110 e. The minimum absolute atomic E-state index is 0.693. The van der Waals surface area contributed by atoms with Gasteiger partial charge in [-0.1, -0.05) is 12.8 Å². The van der Waals surface area contributed by atoms with E-state index >= 15 is 0 Å². The van der Waals surface area contributed by atoms with Gasteiger partial charge in [0.15, 0.2) is 0 Å². The lowest BCUT2D eigenvalue weighted by Gasteiger charge is -2.27. The maximum absolute atomic E-state index is 5.75. The standard InChI is InChI=1S/C22H55N9/c23-7-3-1-5-14-29(21-22-31(18-10-26)19-11-27)15-6-2-4-12-28-13-20-30(16-8-24)17-9-25/h28H,1-27H2. The van der Waals surface area contributed by atoms with Crippen molar-refractivity contribution in [1.82, 2.24) is 20.0 Å². The molecule has 0 aliphatic carbocycles. The van der Waals surface area contributed by atoms with E-state index in [1.807, 2.05) is 0 Å². The molecule has 0 aromatic rings. The fraction of sp³-hybridized carbons (Fsp3) is 1.00. The van der Waals surface area contributed by atoms with Crippen LogP contribution >= 0.6 is 0 Å². The zero-order valence-electron chi connectivity index (χ0n) is 20.3. The summed E-state index contributed by atoms with van der Waals surface area (Å²) in [6.45, 7) is 14.9. The van der Waals surface area contributed by atoms with Crippen LogP contribution in [0, 0.1) is 0 Å². The van der Waals surface area contributed by atoms with Crippen molar-refractivity contribution in [3.63, 3.8) is 0 Å². The zero-order chi connectivity index (χ0) is 23.0. The summed E-state index contributed by atoms with van der Waals surface area (Å²) in [4.78, 5) is 7.32. The Morgan fingerprint density at radius 1 is 0.355 bits per heavy atom. The second-order valence-electron chi connectivity index (χ2n) is 8.34. The van der Waals surface area contributed by atoms with Crippen LogP contribution in [0.25, 0.3) is 0 Å². The van der Waals surface area contributed by atoms with Gasteiger partial charge in [0, 0.05) is 78.5 Å². The van der Waals surface area contributed by atoms with Crippen LogP contribution in [0.3, 0.4) is 0 Å². The molecule has 0 saturated carbocycles. The van der Waals surface area contributed by atoms with E-state index in [4.69, 9.17) is 28.7 Å². The van der Waals surface area contributed by atoms with Crippen LogP contribution in [0.2, 0.25) is 0 Å². The first-order valence-electron chi connectivity index (χ1n) is 12.6. The lowest BCUT2D eigenvalue weighted by molar-refractivity contribution is 0.203. The molecule has 0 amide bonds. The fourth-order valence-corrected chi connectivity index (χ4v) is 3.80. The SMILES string of the molecule is NCCCCCN(CCCCCNCCN(CCN)CCN)CCN(CCN)CCN. The Labute approximate surface area is 192 Å². The van der Waals surface area contributed by atoms with E-state index in [2.05, 4.69) is 20.0 Å². The molecule has 9 heteroatoms. The minimum Gasteiger partial charge on any atom is -0.330 e. The summed E-state index contributed by atoms with van der Waals surface area (Å²) in [5, 5.41) is 3.56. The number of unbranched alkanes of at least 4 members (excludes halogenated alkanes) is 4. The van der Waals surface area contributed by atoms with E-state index in [0.717, 1.165) is 78.4 Å². The van der Waals surface area contributed by atoms with E-state index in [9.17, 15) is 0 Å². The summed E-state index contributed by atoms with van der Waals surface area (Å²) < 4.78 is 0. The van der Waals surface area contributed by atoms with Crippen molar-refractivity contribution in [2.75, 3.05) is 105 Å². The van der Waals surface area contributed by atoms with Crippen molar-refractivity contribution in [3.05, 3.63) is 0 Å². The molecule has 31 heavy (non-hydrogen) atoms. The summed E-state index contributed by atoms with van der Waals surface area (Å²) in [5.41, 5.74) is 28.4. The molecule has 0 aliphatic heterocycles. The van der Waals surface area contributed by atoms with Gasteiger partial charge in [-0.05, 0) is 51.9 Å². The third kappa shape index (κ3) is 20.0. The van der Waals surface area contributed by atoms with Gasteiger partial charge in [-0.15, -0.1) is 0 Å². The molecular weight excluding hydrogens is 390 g/mol. The molecule has 188 valence electrons. The van der Waals surface area contributed by atoms with Crippen molar-refractivity contribution in [2.24, 2.45) is 28.7 Å². The Hall–Kier alpha value is -0.360. The van der Waals surface area contributed by atoms with Crippen molar-refractivity contribution in [1.29, 1.82) is 0 Å². The third-order valence-electron chi connectivity index (χ3n) is 5.62. The third-order valence-corrected chi connectivity index (χ3v) is 5.62. The Morgan fingerprint density at radius 2 is 0.806 bits per heavy atom. The highest BCUT2D eigenvalue weighted by atomic mass is 15.2. The van der Waals surface area contributed by atoms with Crippen LogP contribution in [-0.2, 0) is 0 Å². The molecule has 11 N–H and O–H groups in total. The molecule has 0 fully saturated rings. The van der Waals surface area contributed by atoms with Gasteiger partial charge in [0.25, 0.3) is 0 Å². The van der Waals surface area contributed by atoms with E-state index in [0.29, 0.717) is 26.2 Å². The molecule has 0 rings (SSSR count). The van der Waals surface area contributed by atoms with Gasteiger partial charge in [0.05, 0.1) is 0 Å². The number of nitrogens with one attached hydrogen (secondary N) is 1. The molecule has 0 spiro atoms. The molecule has 0 atom stereocenters. The number of rotatable bonds is 25. The summed E-state index contributed by atoms with van der Waals surface area (Å²) in [5.74, 6) is 0. The first kappa shape index (κ1) is 30.6. The topological polar surface area (TPSA) is 152 Å². The molecule has 0 aromatic carbocycles. The van der Waals surface area contributed by atoms with Gasteiger partial charge in [-0.2, -0.15) is 0 Å². The highest BCUT2D eigenvalue weighted by molar-refractivity contribution is 4.66. The first-order chi connectivity index (χ1) is 15.2.